The Morgan fingerprint density at radius 1 is 1.35 bits per heavy atom. The molecule has 0 bridgehead atoms. The van der Waals surface area contributed by atoms with Gasteiger partial charge in [-0.2, -0.15) is 11.8 Å². The first kappa shape index (κ1) is 19.9. The van der Waals surface area contributed by atoms with Gasteiger partial charge in [0.15, 0.2) is 5.96 Å². The van der Waals surface area contributed by atoms with Crippen LogP contribution in [0.3, 0.4) is 0 Å². The molecule has 2 N–H and O–H groups in total. The smallest absolute Gasteiger partial charge is 0.191 e. The summed E-state index contributed by atoms with van der Waals surface area (Å²) in [6, 6.07) is 7.82. The van der Waals surface area contributed by atoms with Crippen molar-refractivity contribution < 1.29 is 4.74 Å². The molecule has 0 aliphatic rings. The zero-order valence-electron chi connectivity index (χ0n) is 11.7. The molecule has 0 radical (unpaired) electrons. The summed E-state index contributed by atoms with van der Waals surface area (Å²) in [5, 5.41) is 6.44. The fraction of sp³-hybridized carbons (Fsp3) is 0.462. The average molecular weight is 474 g/mol. The molecule has 0 amide bonds. The third-order valence-corrected chi connectivity index (χ3v) is 3.39. The Hall–Kier alpha value is -0.150. The molecule has 114 valence electrons. The molecule has 20 heavy (non-hydrogen) atoms. The number of nitrogens with zero attached hydrogens (tertiary/aromatic N) is 1. The lowest BCUT2D eigenvalue weighted by molar-refractivity contribution is 0.322. The highest BCUT2D eigenvalue weighted by Gasteiger charge is 1.97. The number of hydrogen-bond donors (Lipinski definition) is 2. The number of thioether (sulfide) groups is 1. The van der Waals surface area contributed by atoms with Gasteiger partial charge in [-0.25, -0.2) is 0 Å². The Morgan fingerprint density at radius 2 is 2.10 bits per heavy atom. The first-order valence-electron chi connectivity index (χ1n) is 6.08. The summed E-state index contributed by atoms with van der Waals surface area (Å²) in [7, 11) is 1.77. The van der Waals surface area contributed by atoms with Gasteiger partial charge in [0.25, 0.3) is 0 Å². The first-order valence-corrected chi connectivity index (χ1v) is 8.26. The first-order chi connectivity index (χ1) is 9.26. The van der Waals surface area contributed by atoms with Crippen LogP contribution in [0.15, 0.2) is 33.7 Å². The number of guanidine groups is 1. The third-order valence-electron chi connectivity index (χ3n) is 2.28. The molecule has 0 atom stereocenters. The summed E-state index contributed by atoms with van der Waals surface area (Å²) in [5.41, 5.74) is 0. The van der Waals surface area contributed by atoms with Crippen LogP contribution in [0.1, 0.15) is 0 Å². The minimum absolute atomic E-state index is 0. The molecule has 7 heteroatoms. The number of halogens is 2. The number of hydrogen-bond acceptors (Lipinski definition) is 3. The van der Waals surface area contributed by atoms with E-state index in [9.17, 15) is 0 Å². The van der Waals surface area contributed by atoms with E-state index in [0.29, 0.717) is 13.2 Å². The fourth-order valence-electron chi connectivity index (χ4n) is 1.39. The van der Waals surface area contributed by atoms with Gasteiger partial charge in [-0.3, -0.25) is 4.99 Å². The molecule has 1 rings (SSSR count). The van der Waals surface area contributed by atoms with Gasteiger partial charge in [-0.15, -0.1) is 24.0 Å². The largest absolute Gasteiger partial charge is 0.492 e. The molecule has 0 aliphatic carbocycles. The third kappa shape index (κ3) is 8.91. The zero-order chi connectivity index (χ0) is 13.9. The van der Waals surface area contributed by atoms with Crippen LogP contribution in [0, 0.1) is 0 Å². The van der Waals surface area contributed by atoms with E-state index < -0.39 is 0 Å². The van der Waals surface area contributed by atoms with Gasteiger partial charge in [0.1, 0.15) is 12.4 Å². The highest BCUT2D eigenvalue weighted by Crippen LogP contribution is 2.17. The van der Waals surface area contributed by atoms with E-state index in [1.54, 1.807) is 18.8 Å². The van der Waals surface area contributed by atoms with Gasteiger partial charge < -0.3 is 15.4 Å². The van der Waals surface area contributed by atoms with Crippen LogP contribution in [0.4, 0.5) is 0 Å². The quantitative estimate of drug-likeness (QED) is 0.276. The van der Waals surface area contributed by atoms with Crippen LogP contribution in [0.25, 0.3) is 0 Å². The molecule has 1 aromatic rings. The molecule has 0 aliphatic heterocycles. The van der Waals surface area contributed by atoms with Crippen molar-refractivity contribution in [3.8, 4) is 5.75 Å². The van der Waals surface area contributed by atoms with Gasteiger partial charge in [0, 0.05) is 23.8 Å². The van der Waals surface area contributed by atoms with Gasteiger partial charge in [-0.1, -0.05) is 22.0 Å². The van der Waals surface area contributed by atoms with E-state index in [2.05, 4.69) is 37.8 Å². The molecule has 0 aromatic heterocycles. The Morgan fingerprint density at radius 3 is 2.75 bits per heavy atom. The number of benzene rings is 1. The van der Waals surface area contributed by atoms with Crippen molar-refractivity contribution in [2.45, 2.75) is 0 Å². The molecule has 0 spiro atoms. The van der Waals surface area contributed by atoms with Crippen LogP contribution in [0.2, 0.25) is 0 Å². The predicted molar refractivity (Wildman–Crippen MR) is 103 cm³/mol. The van der Waals surface area contributed by atoms with Crippen molar-refractivity contribution in [1.82, 2.24) is 10.6 Å². The van der Waals surface area contributed by atoms with E-state index >= 15 is 0 Å². The second-order valence-electron chi connectivity index (χ2n) is 3.72. The lowest BCUT2D eigenvalue weighted by Gasteiger charge is -2.12. The molecule has 0 saturated carbocycles. The highest BCUT2D eigenvalue weighted by atomic mass is 127. The minimum atomic E-state index is 0. The second-order valence-corrected chi connectivity index (χ2v) is 5.63. The van der Waals surface area contributed by atoms with Crippen LogP contribution in [0.5, 0.6) is 5.75 Å². The van der Waals surface area contributed by atoms with E-state index in [-0.39, 0.29) is 24.0 Å². The molecule has 0 unspecified atom stereocenters. The standard InChI is InChI=1S/C13H20BrN3OS.HI/c1-15-13(17-7-9-19-2)16-6-8-18-12-5-3-4-11(14)10-12;/h3-5,10H,6-9H2,1-2H3,(H2,15,16,17);1H. The van der Waals surface area contributed by atoms with E-state index in [4.69, 9.17) is 4.74 Å². The van der Waals surface area contributed by atoms with Crippen LogP contribution in [-0.2, 0) is 0 Å². The summed E-state index contributed by atoms with van der Waals surface area (Å²) >= 11 is 5.22. The predicted octanol–water partition coefficient (Wildman–Crippen LogP) is 2.97. The Balaban J connectivity index is 0.00000361. The number of aliphatic imine (C=N–C) groups is 1. The summed E-state index contributed by atoms with van der Waals surface area (Å²) in [4.78, 5) is 4.14. The molecule has 4 nitrogen and oxygen atoms in total. The lowest BCUT2D eigenvalue weighted by atomic mass is 10.3. The topological polar surface area (TPSA) is 45.7 Å². The molecular formula is C13H21BrIN3OS. The lowest BCUT2D eigenvalue weighted by Crippen LogP contribution is -2.40. The second kappa shape index (κ2) is 12.6. The Labute approximate surface area is 150 Å². The molecule has 1 aromatic carbocycles. The molecular weight excluding hydrogens is 453 g/mol. The van der Waals surface area contributed by atoms with Crippen LogP contribution in [-0.4, -0.2) is 44.7 Å². The van der Waals surface area contributed by atoms with Crippen molar-refractivity contribution in [3.05, 3.63) is 28.7 Å². The average Bonchev–Trinajstić information content (AvgIpc) is 2.41. The summed E-state index contributed by atoms with van der Waals surface area (Å²) in [5.74, 6) is 2.74. The summed E-state index contributed by atoms with van der Waals surface area (Å²) in [6.45, 7) is 2.22. The number of rotatable bonds is 7. The molecule has 0 saturated heterocycles. The van der Waals surface area contributed by atoms with E-state index in [1.807, 2.05) is 24.3 Å². The monoisotopic (exact) mass is 473 g/mol. The normalized spacial score (nSPS) is 10.7. The zero-order valence-corrected chi connectivity index (χ0v) is 16.4. The van der Waals surface area contributed by atoms with E-state index in [0.717, 1.165) is 28.5 Å². The van der Waals surface area contributed by atoms with Crippen molar-refractivity contribution >= 4 is 57.6 Å². The number of nitrogens with one attached hydrogen (secondary N) is 2. The summed E-state index contributed by atoms with van der Waals surface area (Å²) in [6.07, 6.45) is 2.09. The number of ether oxygens (including phenoxy) is 1. The SMILES string of the molecule is CN=C(NCCOc1cccc(Br)c1)NCCSC.I. The van der Waals surface area contributed by atoms with Gasteiger partial charge in [0.2, 0.25) is 0 Å². The van der Waals surface area contributed by atoms with Crippen molar-refractivity contribution in [1.29, 1.82) is 0 Å². The maximum absolute atomic E-state index is 5.63. The van der Waals surface area contributed by atoms with Crippen molar-refractivity contribution in [2.24, 2.45) is 4.99 Å². The van der Waals surface area contributed by atoms with Gasteiger partial charge in [0.05, 0.1) is 6.54 Å². The van der Waals surface area contributed by atoms with Crippen molar-refractivity contribution in [3.63, 3.8) is 0 Å². The maximum Gasteiger partial charge on any atom is 0.191 e. The Bertz CT molecular complexity index is 407. The van der Waals surface area contributed by atoms with Crippen LogP contribution >= 0.6 is 51.7 Å². The maximum atomic E-state index is 5.63. The van der Waals surface area contributed by atoms with Gasteiger partial charge >= 0.3 is 0 Å². The van der Waals surface area contributed by atoms with Crippen LogP contribution < -0.4 is 15.4 Å². The Kier molecular flexibility index (Phi) is 12.5. The summed E-state index contributed by atoms with van der Waals surface area (Å²) < 4.78 is 6.65. The van der Waals surface area contributed by atoms with Gasteiger partial charge in [-0.05, 0) is 24.5 Å². The molecule has 0 fully saturated rings. The van der Waals surface area contributed by atoms with Crippen molar-refractivity contribution in [2.75, 3.05) is 38.8 Å². The highest BCUT2D eigenvalue weighted by molar-refractivity contribution is 14.0. The minimum Gasteiger partial charge on any atom is -0.492 e. The molecule has 0 heterocycles. The fourth-order valence-corrected chi connectivity index (χ4v) is 2.07. The van der Waals surface area contributed by atoms with E-state index in [1.165, 1.54) is 0 Å².